The Balaban J connectivity index is 1.72. The Bertz CT molecular complexity index is 1450. The number of carbonyl (C=O) groups excluding carboxylic acids is 7. The Morgan fingerprint density at radius 1 is 0.627 bits per heavy atom. The van der Waals surface area contributed by atoms with Crippen LogP contribution in [-0.4, -0.2) is 142 Å². The summed E-state index contributed by atoms with van der Waals surface area (Å²) in [6.07, 6.45) is 1.98. The van der Waals surface area contributed by atoms with Crippen molar-refractivity contribution in [2.24, 2.45) is 5.92 Å². The van der Waals surface area contributed by atoms with Crippen LogP contribution in [0.25, 0.3) is 0 Å². The summed E-state index contributed by atoms with van der Waals surface area (Å²) in [7, 11) is 0. The van der Waals surface area contributed by atoms with E-state index in [-0.39, 0.29) is 25.9 Å². The molecule has 4 rings (SSSR count). The summed E-state index contributed by atoms with van der Waals surface area (Å²) in [5, 5.41) is 42.5. The first-order valence-corrected chi connectivity index (χ1v) is 17.4. The predicted octanol–water partition coefficient (Wildman–Crippen LogP) is -3.33. The minimum absolute atomic E-state index is 0.0274. The van der Waals surface area contributed by atoms with Crippen LogP contribution in [0.1, 0.15) is 51.5 Å². The highest BCUT2D eigenvalue weighted by atomic mass is 16.3. The topological polar surface area (TPSA) is 247 Å². The molecule has 280 valence electrons. The highest BCUT2D eigenvalue weighted by molar-refractivity contribution is 5.99. The summed E-state index contributed by atoms with van der Waals surface area (Å²) in [6.45, 7) is 1.24. The van der Waals surface area contributed by atoms with Crippen LogP contribution in [0.5, 0.6) is 0 Å². The standard InChI is InChI=1S/C34H49N7O10/c1-3-19(2)27-32(49)35-21(15-20-9-5-4-6-10-20)28(45)36-22(16-42)29(46)37-23(17-43)30(47)38-24(18-44)33(50)41-14-8-12-26(41)34(51)40-13-7-11-25(40)31(48)39-27/h4-6,9-10,19,21-27,42-44H,3,7-8,11-18H2,1-2H3,(H,35,49)(H,36,45)(H,37,46)(H,38,47)(H,39,48)/t19-,21-,22-,23-,24-,25-,26-,27-/m0/s1. The van der Waals surface area contributed by atoms with Gasteiger partial charge in [0, 0.05) is 19.5 Å². The summed E-state index contributed by atoms with van der Waals surface area (Å²) in [5.74, 6) is -5.86. The third-order valence-corrected chi connectivity index (χ3v) is 9.80. The molecular formula is C34H49N7O10. The van der Waals surface area contributed by atoms with Crippen molar-refractivity contribution in [3.63, 3.8) is 0 Å². The highest BCUT2D eigenvalue weighted by Crippen LogP contribution is 2.26. The third-order valence-electron chi connectivity index (χ3n) is 9.80. The van der Waals surface area contributed by atoms with Gasteiger partial charge in [0.25, 0.3) is 0 Å². The lowest BCUT2D eigenvalue weighted by Gasteiger charge is -2.33. The van der Waals surface area contributed by atoms with Crippen molar-refractivity contribution >= 4 is 41.4 Å². The van der Waals surface area contributed by atoms with Crippen molar-refractivity contribution in [2.75, 3.05) is 32.9 Å². The molecule has 0 radical (unpaired) electrons. The molecule has 3 aliphatic rings. The normalized spacial score (nSPS) is 29.5. The molecule has 17 nitrogen and oxygen atoms in total. The molecule has 7 amide bonds. The second-order valence-electron chi connectivity index (χ2n) is 13.2. The van der Waals surface area contributed by atoms with Gasteiger partial charge in [0.2, 0.25) is 41.4 Å². The molecule has 51 heavy (non-hydrogen) atoms. The van der Waals surface area contributed by atoms with Crippen LogP contribution < -0.4 is 26.6 Å². The average Bonchev–Trinajstić information content (AvgIpc) is 3.83. The number of rotatable bonds is 7. The summed E-state index contributed by atoms with van der Waals surface area (Å²) in [5.41, 5.74) is 0.656. The van der Waals surface area contributed by atoms with Crippen molar-refractivity contribution in [2.45, 2.75) is 94.7 Å². The van der Waals surface area contributed by atoms with E-state index in [2.05, 4.69) is 26.6 Å². The number of amides is 7. The second kappa shape index (κ2) is 18.1. The number of hydrogen-bond acceptors (Lipinski definition) is 10. The molecule has 0 spiro atoms. The van der Waals surface area contributed by atoms with Gasteiger partial charge in [0.15, 0.2) is 0 Å². The first-order valence-electron chi connectivity index (χ1n) is 17.4. The molecule has 0 bridgehead atoms. The lowest BCUT2D eigenvalue weighted by atomic mass is 9.96. The molecular weight excluding hydrogens is 666 g/mol. The summed E-state index contributed by atoms with van der Waals surface area (Å²) in [6, 6.07) is -0.432. The lowest BCUT2D eigenvalue weighted by Crippen LogP contribution is -2.61. The predicted molar refractivity (Wildman–Crippen MR) is 180 cm³/mol. The molecule has 3 heterocycles. The van der Waals surface area contributed by atoms with Crippen LogP contribution in [0.3, 0.4) is 0 Å². The van der Waals surface area contributed by atoms with Gasteiger partial charge < -0.3 is 51.7 Å². The molecule has 3 fully saturated rings. The fraction of sp³-hybridized carbons (Fsp3) is 0.618. The Hall–Kier alpha value is -4.61. The SMILES string of the molecule is CC[C@H](C)[C@@H]1NC(=O)[C@@H]2CCCN2C(=O)[C@@H]2CCCN2C(=O)[C@H](CO)NC(=O)[C@H](CO)NC(=O)[C@H](CO)NC(=O)[C@H](Cc2ccccc2)NC1=O. The molecule has 3 saturated heterocycles. The van der Waals surface area contributed by atoms with Gasteiger partial charge in [-0.1, -0.05) is 50.6 Å². The van der Waals surface area contributed by atoms with Crippen molar-refractivity contribution in [1.82, 2.24) is 36.4 Å². The van der Waals surface area contributed by atoms with Gasteiger partial charge in [0.05, 0.1) is 19.8 Å². The van der Waals surface area contributed by atoms with Crippen molar-refractivity contribution in [3.05, 3.63) is 35.9 Å². The van der Waals surface area contributed by atoms with E-state index in [0.29, 0.717) is 31.2 Å². The Kier molecular flexibility index (Phi) is 13.9. The van der Waals surface area contributed by atoms with Crippen LogP contribution in [-0.2, 0) is 40.0 Å². The van der Waals surface area contributed by atoms with Crippen LogP contribution in [0.15, 0.2) is 30.3 Å². The maximum absolute atomic E-state index is 13.9. The molecule has 0 unspecified atom stereocenters. The van der Waals surface area contributed by atoms with Gasteiger partial charge in [-0.3, -0.25) is 33.6 Å². The molecule has 1 aromatic carbocycles. The highest BCUT2D eigenvalue weighted by Gasteiger charge is 2.45. The van der Waals surface area contributed by atoms with Crippen molar-refractivity contribution < 1.29 is 48.9 Å². The van der Waals surface area contributed by atoms with Gasteiger partial charge in [-0.25, -0.2) is 0 Å². The van der Waals surface area contributed by atoms with Crippen LogP contribution in [0.4, 0.5) is 0 Å². The first kappa shape index (κ1) is 39.2. The summed E-state index contributed by atoms with van der Waals surface area (Å²) >= 11 is 0. The van der Waals surface area contributed by atoms with E-state index in [1.54, 1.807) is 37.3 Å². The number of fused-ring (bicyclic) bond motifs is 2. The molecule has 0 aromatic heterocycles. The number of carbonyl (C=O) groups is 7. The van der Waals surface area contributed by atoms with Gasteiger partial charge in [-0.2, -0.15) is 0 Å². The van der Waals surface area contributed by atoms with E-state index in [9.17, 15) is 48.9 Å². The fourth-order valence-electron chi connectivity index (χ4n) is 6.64. The molecule has 17 heteroatoms. The maximum atomic E-state index is 13.9. The molecule has 8 N–H and O–H groups in total. The number of nitrogens with one attached hydrogen (secondary N) is 5. The fourth-order valence-corrected chi connectivity index (χ4v) is 6.64. The number of hydrogen-bond donors (Lipinski definition) is 8. The zero-order valence-electron chi connectivity index (χ0n) is 28.9. The summed E-state index contributed by atoms with van der Waals surface area (Å²) in [4.78, 5) is 97.9. The minimum Gasteiger partial charge on any atom is -0.394 e. The maximum Gasteiger partial charge on any atom is 0.248 e. The van der Waals surface area contributed by atoms with E-state index < -0.39 is 109 Å². The largest absolute Gasteiger partial charge is 0.394 e. The van der Waals surface area contributed by atoms with Gasteiger partial charge in [-0.15, -0.1) is 0 Å². The van der Waals surface area contributed by atoms with E-state index in [1.165, 1.54) is 9.80 Å². The lowest BCUT2D eigenvalue weighted by molar-refractivity contribution is -0.148. The van der Waals surface area contributed by atoms with Crippen LogP contribution in [0.2, 0.25) is 0 Å². The average molecular weight is 716 g/mol. The minimum atomic E-state index is -1.66. The third kappa shape index (κ3) is 9.39. The molecule has 1 aromatic rings. The second-order valence-corrected chi connectivity index (χ2v) is 13.2. The Morgan fingerprint density at radius 2 is 1.12 bits per heavy atom. The quantitative estimate of drug-likeness (QED) is 0.140. The van der Waals surface area contributed by atoms with E-state index in [0.717, 1.165) is 0 Å². The zero-order chi connectivity index (χ0) is 37.2. The van der Waals surface area contributed by atoms with Crippen LogP contribution in [0, 0.1) is 5.92 Å². The molecule has 3 aliphatic heterocycles. The number of nitrogens with zero attached hydrogens (tertiary/aromatic N) is 2. The zero-order valence-corrected chi connectivity index (χ0v) is 28.9. The van der Waals surface area contributed by atoms with Crippen molar-refractivity contribution in [3.8, 4) is 0 Å². The smallest absolute Gasteiger partial charge is 0.248 e. The van der Waals surface area contributed by atoms with E-state index >= 15 is 0 Å². The van der Waals surface area contributed by atoms with Crippen LogP contribution >= 0.6 is 0 Å². The summed E-state index contributed by atoms with van der Waals surface area (Å²) < 4.78 is 0. The molecule has 8 atom stereocenters. The monoisotopic (exact) mass is 715 g/mol. The van der Waals surface area contributed by atoms with Gasteiger partial charge in [0.1, 0.15) is 42.3 Å². The first-order chi connectivity index (χ1) is 24.4. The Morgan fingerprint density at radius 3 is 1.67 bits per heavy atom. The molecule has 0 saturated carbocycles. The van der Waals surface area contributed by atoms with Crippen molar-refractivity contribution in [1.29, 1.82) is 0 Å². The number of benzene rings is 1. The van der Waals surface area contributed by atoms with Gasteiger partial charge in [-0.05, 0) is 37.2 Å². The number of aliphatic hydroxyl groups excluding tert-OH is 3. The Labute approximate surface area is 295 Å². The van der Waals surface area contributed by atoms with Gasteiger partial charge >= 0.3 is 0 Å². The van der Waals surface area contributed by atoms with E-state index in [1.807, 2.05) is 6.92 Å². The van der Waals surface area contributed by atoms with E-state index in [4.69, 9.17) is 0 Å². The molecule has 0 aliphatic carbocycles. The number of aliphatic hydroxyl groups is 3.